The lowest BCUT2D eigenvalue weighted by atomic mass is 10.1. The molecular formula is C20H25N3O3S. The molecule has 0 saturated carbocycles. The van der Waals surface area contributed by atoms with Gasteiger partial charge in [0, 0.05) is 30.0 Å². The molecule has 1 fully saturated rings. The molecule has 0 spiro atoms. The van der Waals surface area contributed by atoms with Crippen LogP contribution in [0.5, 0.6) is 0 Å². The van der Waals surface area contributed by atoms with Gasteiger partial charge in [-0.3, -0.25) is 9.52 Å². The van der Waals surface area contributed by atoms with Gasteiger partial charge in [-0.1, -0.05) is 6.07 Å². The fourth-order valence-corrected chi connectivity index (χ4v) is 3.80. The van der Waals surface area contributed by atoms with Gasteiger partial charge in [0.1, 0.15) is 0 Å². The minimum absolute atomic E-state index is 0.280. The lowest BCUT2D eigenvalue weighted by Crippen LogP contribution is -2.29. The zero-order chi connectivity index (χ0) is 19.4. The maximum absolute atomic E-state index is 12.5. The van der Waals surface area contributed by atoms with Crippen LogP contribution in [0.1, 0.15) is 35.2 Å². The average molecular weight is 388 g/mol. The van der Waals surface area contributed by atoms with E-state index in [0.717, 1.165) is 24.9 Å². The summed E-state index contributed by atoms with van der Waals surface area (Å²) in [5.74, 6) is -0.280. The van der Waals surface area contributed by atoms with E-state index in [-0.39, 0.29) is 5.91 Å². The molecule has 0 bridgehead atoms. The van der Waals surface area contributed by atoms with Crippen molar-refractivity contribution in [2.45, 2.75) is 26.2 Å². The summed E-state index contributed by atoms with van der Waals surface area (Å²) in [5.41, 5.74) is 3.43. The highest BCUT2D eigenvalue weighted by Gasteiger charge is 2.13. The lowest BCUT2D eigenvalue weighted by Gasteiger charge is -2.28. The molecule has 6 nitrogen and oxygen atoms in total. The molecule has 1 saturated heterocycles. The lowest BCUT2D eigenvalue weighted by molar-refractivity contribution is 0.102. The highest BCUT2D eigenvalue weighted by Crippen LogP contribution is 2.23. The fraction of sp³-hybridized carbons (Fsp3) is 0.350. The number of nitrogens with zero attached hydrogens (tertiary/aromatic N) is 1. The van der Waals surface area contributed by atoms with Gasteiger partial charge in [-0.25, -0.2) is 8.42 Å². The summed E-state index contributed by atoms with van der Waals surface area (Å²) in [5, 5.41) is 2.86. The van der Waals surface area contributed by atoms with Crippen LogP contribution in [0, 0.1) is 6.92 Å². The third kappa shape index (κ3) is 5.23. The topological polar surface area (TPSA) is 78.5 Å². The second-order valence-corrected chi connectivity index (χ2v) is 8.70. The Labute approximate surface area is 160 Å². The van der Waals surface area contributed by atoms with Crippen LogP contribution in [0.25, 0.3) is 0 Å². The molecule has 2 aromatic rings. The van der Waals surface area contributed by atoms with Crippen molar-refractivity contribution in [1.82, 2.24) is 0 Å². The number of hydrogen-bond donors (Lipinski definition) is 2. The highest BCUT2D eigenvalue weighted by molar-refractivity contribution is 7.92. The summed E-state index contributed by atoms with van der Waals surface area (Å²) in [6.07, 6.45) is 4.81. The van der Waals surface area contributed by atoms with Crippen LogP contribution >= 0.6 is 0 Å². The van der Waals surface area contributed by atoms with E-state index in [1.165, 1.54) is 24.9 Å². The Hall–Kier alpha value is -2.54. The van der Waals surface area contributed by atoms with Gasteiger partial charge in [0.25, 0.3) is 5.91 Å². The summed E-state index contributed by atoms with van der Waals surface area (Å²) >= 11 is 0. The molecule has 1 aliphatic heterocycles. The summed E-state index contributed by atoms with van der Waals surface area (Å²) in [6, 6.07) is 12.8. The fourth-order valence-electron chi connectivity index (χ4n) is 3.18. The minimum atomic E-state index is -3.40. The van der Waals surface area contributed by atoms with Crippen molar-refractivity contribution in [3.05, 3.63) is 53.6 Å². The van der Waals surface area contributed by atoms with E-state index in [4.69, 9.17) is 0 Å². The van der Waals surface area contributed by atoms with E-state index in [9.17, 15) is 13.2 Å². The van der Waals surface area contributed by atoms with E-state index in [2.05, 4.69) is 14.9 Å². The number of hydrogen-bond acceptors (Lipinski definition) is 4. The first-order chi connectivity index (χ1) is 12.8. The Morgan fingerprint density at radius 2 is 1.67 bits per heavy atom. The van der Waals surface area contributed by atoms with Crippen molar-refractivity contribution in [3.63, 3.8) is 0 Å². The van der Waals surface area contributed by atoms with Crippen molar-refractivity contribution in [2.24, 2.45) is 0 Å². The number of carbonyl (C=O) groups excluding carboxylic acids is 1. The summed E-state index contributed by atoms with van der Waals surface area (Å²) < 4.78 is 25.4. The van der Waals surface area contributed by atoms with Gasteiger partial charge in [-0.05, 0) is 68.1 Å². The first kappa shape index (κ1) is 19.2. The maximum Gasteiger partial charge on any atom is 0.255 e. The Kier molecular flexibility index (Phi) is 5.70. The van der Waals surface area contributed by atoms with Crippen molar-refractivity contribution >= 4 is 33.0 Å². The van der Waals surface area contributed by atoms with Crippen LogP contribution in [0.2, 0.25) is 0 Å². The minimum Gasteiger partial charge on any atom is -0.372 e. The number of anilines is 3. The van der Waals surface area contributed by atoms with E-state index >= 15 is 0 Å². The standard InChI is InChI=1S/C20H25N3O3S/c1-15-6-7-16(14-19(15)22-27(2,25)26)20(24)21-17-8-10-18(11-9-17)23-12-4-3-5-13-23/h6-11,14,22H,3-5,12-13H2,1-2H3,(H,21,24). The average Bonchev–Trinajstić information content (AvgIpc) is 2.64. The number of sulfonamides is 1. The Morgan fingerprint density at radius 3 is 2.30 bits per heavy atom. The monoisotopic (exact) mass is 387 g/mol. The molecule has 0 aromatic heterocycles. The van der Waals surface area contributed by atoms with Crippen LogP contribution in [-0.4, -0.2) is 33.7 Å². The number of carbonyl (C=O) groups is 1. The summed E-state index contributed by atoms with van der Waals surface area (Å²) in [4.78, 5) is 14.9. The first-order valence-corrected chi connectivity index (χ1v) is 11.0. The molecule has 1 heterocycles. The number of amides is 1. The zero-order valence-corrected chi connectivity index (χ0v) is 16.5. The van der Waals surface area contributed by atoms with Gasteiger partial charge in [-0.15, -0.1) is 0 Å². The molecule has 0 unspecified atom stereocenters. The molecule has 1 amide bonds. The van der Waals surface area contributed by atoms with Gasteiger partial charge < -0.3 is 10.2 Å². The molecule has 7 heteroatoms. The Bertz CT molecular complexity index is 918. The molecule has 0 atom stereocenters. The maximum atomic E-state index is 12.5. The quantitative estimate of drug-likeness (QED) is 0.821. The molecule has 2 N–H and O–H groups in total. The van der Waals surface area contributed by atoms with Crippen LogP contribution in [0.4, 0.5) is 17.1 Å². The predicted molar refractivity (Wildman–Crippen MR) is 110 cm³/mol. The molecule has 2 aromatic carbocycles. The number of nitrogens with one attached hydrogen (secondary N) is 2. The molecule has 0 radical (unpaired) electrons. The van der Waals surface area contributed by atoms with Crippen LogP contribution in [0.3, 0.4) is 0 Å². The van der Waals surface area contributed by atoms with Gasteiger partial charge in [0.15, 0.2) is 0 Å². The second kappa shape index (κ2) is 8.00. The predicted octanol–water partition coefficient (Wildman–Crippen LogP) is 3.61. The van der Waals surface area contributed by atoms with E-state index < -0.39 is 10.0 Å². The first-order valence-electron chi connectivity index (χ1n) is 9.07. The van der Waals surface area contributed by atoms with Gasteiger partial charge in [-0.2, -0.15) is 0 Å². The zero-order valence-electron chi connectivity index (χ0n) is 15.7. The smallest absolute Gasteiger partial charge is 0.255 e. The van der Waals surface area contributed by atoms with Crippen molar-refractivity contribution in [1.29, 1.82) is 0 Å². The van der Waals surface area contributed by atoms with E-state index in [0.29, 0.717) is 16.9 Å². The Morgan fingerprint density at radius 1 is 1.00 bits per heavy atom. The molecule has 3 rings (SSSR count). The van der Waals surface area contributed by atoms with Gasteiger partial charge >= 0.3 is 0 Å². The summed E-state index contributed by atoms with van der Waals surface area (Å²) in [7, 11) is -3.40. The van der Waals surface area contributed by atoms with Crippen LogP contribution < -0.4 is 14.9 Å². The van der Waals surface area contributed by atoms with E-state index in [1.807, 2.05) is 24.3 Å². The number of aryl methyl sites for hydroxylation is 1. The number of piperidine rings is 1. The van der Waals surface area contributed by atoms with E-state index in [1.54, 1.807) is 25.1 Å². The molecule has 27 heavy (non-hydrogen) atoms. The van der Waals surface area contributed by atoms with Crippen molar-refractivity contribution in [2.75, 3.05) is 34.3 Å². The SMILES string of the molecule is Cc1ccc(C(=O)Nc2ccc(N3CCCCC3)cc2)cc1NS(C)(=O)=O. The normalized spacial score (nSPS) is 14.7. The molecular weight excluding hydrogens is 362 g/mol. The number of benzene rings is 2. The third-order valence-electron chi connectivity index (χ3n) is 4.64. The van der Waals surface area contributed by atoms with Crippen LogP contribution in [0.15, 0.2) is 42.5 Å². The third-order valence-corrected chi connectivity index (χ3v) is 5.23. The van der Waals surface area contributed by atoms with Gasteiger partial charge in [0.05, 0.1) is 11.9 Å². The molecule has 1 aliphatic rings. The molecule has 144 valence electrons. The second-order valence-electron chi connectivity index (χ2n) is 6.95. The number of rotatable bonds is 5. The van der Waals surface area contributed by atoms with Gasteiger partial charge in [0.2, 0.25) is 10.0 Å². The molecule has 0 aliphatic carbocycles. The highest BCUT2D eigenvalue weighted by atomic mass is 32.2. The largest absolute Gasteiger partial charge is 0.372 e. The van der Waals surface area contributed by atoms with Crippen molar-refractivity contribution < 1.29 is 13.2 Å². The Balaban J connectivity index is 1.70. The summed E-state index contributed by atoms with van der Waals surface area (Å²) in [6.45, 7) is 3.94. The van der Waals surface area contributed by atoms with Crippen molar-refractivity contribution in [3.8, 4) is 0 Å². The van der Waals surface area contributed by atoms with Crippen LogP contribution in [-0.2, 0) is 10.0 Å².